The number of rotatable bonds is 12. The summed E-state index contributed by atoms with van der Waals surface area (Å²) in [5.74, 6) is 0.379. The largest absolute Gasteiger partial charge is 0.354 e. The predicted molar refractivity (Wildman–Crippen MR) is 341 cm³/mol. The van der Waals surface area contributed by atoms with Gasteiger partial charge in [-0.2, -0.15) is 0 Å². The van der Waals surface area contributed by atoms with Crippen LogP contribution in [0, 0.1) is 11.3 Å². The summed E-state index contributed by atoms with van der Waals surface area (Å²) in [5.41, 5.74) is 18.7. The molecule has 0 spiro atoms. The number of fused-ring (bicyclic) bond motifs is 6. The zero-order chi connectivity index (χ0) is 55.1. The molecule has 10 rings (SSSR count). The Kier molecular flexibility index (Phi) is 18.0. The van der Waals surface area contributed by atoms with Crippen LogP contribution in [0.1, 0.15) is 184 Å². The zero-order valence-electron chi connectivity index (χ0n) is 49.6. The lowest BCUT2D eigenvalue weighted by molar-refractivity contribution is 0.484. The first-order valence-corrected chi connectivity index (χ1v) is 29.5. The van der Waals surface area contributed by atoms with Gasteiger partial charge in [-0.05, 0) is 130 Å². The van der Waals surface area contributed by atoms with Gasteiger partial charge in [-0.15, -0.1) is 0 Å². The standard InChI is InChI=1S/C64H64N2.C8H18.C3H8/c1-11-42-36-47(30-32-49(42)45-28-31-53-54-33-29-46(63(7,8)9)38-59(54)65-58(53)37-45)64(10)35-34-48(40(2)26-27-41(3)62(4,5)6)57-39-56(52-24-16-20-43-18-12-14-22-50(43)52)60(66-61(57)64)55-25-17-21-44-19-13-15-23-51(44)55;1-3-5-7-8-6-4-2;1-3-2/h12-34,37-39,42,65H,11,35-36H2,1-10H3;3-8H2,1-2H3;3H2,1-2H3/b40-26+,41-27+;;. The van der Waals surface area contributed by atoms with E-state index >= 15 is 0 Å². The van der Waals surface area contributed by atoms with Crippen LogP contribution in [-0.4, -0.2) is 9.97 Å². The molecular weight excluding hydrogens is 929 g/mol. The van der Waals surface area contributed by atoms with Gasteiger partial charge in [-0.25, -0.2) is 0 Å². The average Bonchev–Trinajstić information content (AvgIpc) is 3.80. The number of hydrogen-bond donors (Lipinski definition) is 1. The normalized spacial score (nSPS) is 17.1. The monoisotopic (exact) mass is 1020 g/mol. The van der Waals surface area contributed by atoms with Crippen LogP contribution >= 0.6 is 0 Å². The number of nitrogens with one attached hydrogen (secondary N) is 1. The molecule has 0 saturated carbocycles. The van der Waals surface area contributed by atoms with Crippen LogP contribution in [0.2, 0.25) is 0 Å². The van der Waals surface area contributed by atoms with Crippen LogP contribution in [0.3, 0.4) is 0 Å². The van der Waals surface area contributed by atoms with E-state index in [1.807, 2.05) is 0 Å². The lowest BCUT2D eigenvalue weighted by Crippen LogP contribution is -2.32. The van der Waals surface area contributed by atoms with Crippen LogP contribution in [-0.2, 0) is 10.8 Å². The molecule has 2 nitrogen and oxygen atoms in total. The van der Waals surface area contributed by atoms with Crippen molar-refractivity contribution in [3.63, 3.8) is 0 Å². The van der Waals surface area contributed by atoms with Gasteiger partial charge in [0.15, 0.2) is 0 Å². The molecule has 1 N–H and O–H groups in total. The number of H-pyrrole nitrogens is 1. The molecule has 2 aliphatic rings. The second-order valence-corrected chi connectivity index (χ2v) is 24.6. The summed E-state index contributed by atoms with van der Waals surface area (Å²) < 4.78 is 0. The molecule has 2 atom stereocenters. The molecule has 0 amide bonds. The lowest BCUT2D eigenvalue weighted by atomic mass is 9.65. The van der Waals surface area contributed by atoms with Crippen molar-refractivity contribution in [2.45, 2.75) is 172 Å². The first-order valence-electron chi connectivity index (χ1n) is 29.5. The van der Waals surface area contributed by atoms with E-state index < -0.39 is 0 Å². The summed E-state index contributed by atoms with van der Waals surface area (Å²) in [5, 5.41) is 7.49. The Hall–Kier alpha value is -6.51. The first-order chi connectivity index (χ1) is 36.9. The maximum atomic E-state index is 6.07. The summed E-state index contributed by atoms with van der Waals surface area (Å²) in [7, 11) is 0. The van der Waals surface area contributed by atoms with Crippen molar-refractivity contribution in [3.8, 4) is 22.4 Å². The second-order valence-electron chi connectivity index (χ2n) is 24.6. The van der Waals surface area contributed by atoms with E-state index in [1.54, 1.807) is 0 Å². The minimum absolute atomic E-state index is 0.0950. The highest BCUT2D eigenvalue weighted by molar-refractivity contribution is 6.08. The predicted octanol–water partition coefficient (Wildman–Crippen LogP) is 22.9. The van der Waals surface area contributed by atoms with Crippen LogP contribution in [0.4, 0.5) is 0 Å². The van der Waals surface area contributed by atoms with Crippen LogP contribution < -0.4 is 0 Å². The molecule has 2 heteroatoms. The fourth-order valence-electron chi connectivity index (χ4n) is 11.5. The van der Waals surface area contributed by atoms with E-state index in [0.717, 1.165) is 25.0 Å². The molecular formula is C75H90N2. The van der Waals surface area contributed by atoms with Gasteiger partial charge >= 0.3 is 0 Å². The number of hydrogen-bond acceptors (Lipinski definition) is 1. The molecule has 6 aromatic carbocycles. The summed E-state index contributed by atoms with van der Waals surface area (Å²) in [6.07, 6.45) is 24.8. The van der Waals surface area contributed by atoms with Crippen molar-refractivity contribution in [1.29, 1.82) is 0 Å². The Labute approximate surface area is 464 Å². The molecule has 0 radical (unpaired) electrons. The Morgan fingerprint density at radius 3 is 1.81 bits per heavy atom. The molecule has 8 aromatic rings. The van der Waals surface area contributed by atoms with Gasteiger partial charge in [0.05, 0.1) is 11.4 Å². The van der Waals surface area contributed by atoms with E-state index in [-0.39, 0.29) is 16.2 Å². The van der Waals surface area contributed by atoms with Gasteiger partial charge in [0.25, 0.3) is 0 Å². The number of aromatic nitrogens is 2. The molecule has 400 valence electrons. The Bertz CT molecular complexity index is 3510. The van der Waals surface area contributed by atoms with Crippen molar-refractivity contribution in [2.75, 3.05) is 0 Å². The van der Waals surface area contributed by atoms with E-state index in [9.17, 15) is 0 Å². The highest BCUT2D eigenvalue weighted by Gasteiger charge is 2.40. The topological polar surface area (TPSA) is 28.7 Å². The maximum Gasteiger partial charge on any atom is 0.0790 e. The van der Waals surface area contributed by atoms with Gasteiger partial charge in [0, 0.05) is 43.9 Å². The van der Waals surface area contributed by atoms with Crippen molar-refractivity contribution in [2.24, 2.45) is 11.3 Å². The van der Waals surface area contributed by atoms with E-state index in [1.165, 1.54) is 155 Å². The zero-order valence-corrected chi connectivity index (χ0v) is 49.6. The third kappa shape index (κ3) is 12.3. The Morgan fingerprint density at radius 1 is 0.610 bits per heavy atom. The third-order valence-corrected chi connectivity index (χ3v) is 16.7. The van der Waals surface area contributed by atoms with Crippen LogP contribution in [0.15, 0.2) is 174 Å². The third-order valence-electron chi connectivity index (χ3n) is 16.7. The van der Waals surface area contributed by atoms with E-state index in [4.69, 9.17) is 4.98 Å². The van der Waals surface area contributed by atoms with Crippen LogP contribution in [0.25, 0.3) is 76.9 Å². The minimum Gasteiger partial charge on any atom is -0.354 e. The van der Waals surface area contributed by atoms with Crippen molar-refractivity contribution >= 4 is 54.5 Å². The molecule has 0 fully saturated rings. The molecule has 2 aromatic heterocycles. The van der Waals surface area contributed by atoms with Gasteiger partial charge in [0.1, 0.15) is 0 Å². The second kappa shape index (κ2) is 24.4. The fourth-order valence-corrected chi connectivity index (χ4v) is 11.5. The minimum atomic E-state index is -0.325. The highest BCUT2D eigenvalue weighted by atomic mass is 14.8. The summed E-state index contributed by atoms with van der Waals surface area (Å²) >= 11 is 0. The maximum absolute atomic E-state index is 6.07. The number of aromatic amines is 1. The highest BCUT2D eigenvalue weighted by Crippen LogP contribution is 2.52. The Balaban J connectivity index is 0.000000648. The molecule has 0 aliphatic heterocycles. The fraction of sp³-hybridized carbons (Fsp3) is 0.373. The molecule has 77 heavy (non-hydrogen) atoms. The number of nitrogens with zero attached hydrogens (tertiary/aromatic N) is 1. The number of pyridine rings is 1. The Morgan fingerprint density at radius 2 is 1.19 bits per heavy atom. The van der Waals surface area contributed by atoms with Gasteiger partial charge in [-0.1, -0.05) is 272 Å². The molecule has 0 bridgehead atoms. The van der Waals surface area contributed by atoms with E-state index in [2.05, 4.69) is 260 Å². The van der Waals surface area contributed by atoms with Gasteiger partial charge in [0.2, 0.25) is 0 Å². The summed E-state index contributed by atoms with van der Waals surface area (Å²) in [6.45, 7) is 31.9. The van der Waals surface area contributed by atoms with Crippen molar-refractivity contribution in [1.82, 2.24) is 9.97 Å². The quantitative estimate of drug-likeness (QED) is 0.0959. The summed E-state index contributed by atoms with van der Waals surface area (Å²) in [4.78, 5) is 9.87. The number of unbranched alkanes of at least 4 members (excludes halogenated alkanes) is 5. The molecule has 2 heterocycles. The van der Waals surface area contributed by atoms with Gasteiger partial charge in [-0.3, -0.25) is 4.98 Å². The van der Waals surface area contributed by atoms with Crippen molar-refractivity contribution in [3.05, 3.63) is 197 Å². The number of allylic oxidation sites excluding steroid dienone is 10. The SMILES string of the molecule is CCC.CCC1CC(C2(C)CC=C(/C(C)=C/C=C(\C)C(C)(C)C)c3cc(-c4cccc5ccccc45)c(-c4cccc5ccccc45)nc32)=CC=C1c1ccc2c(c1)[nH]c1cc(C(C)(C)C)ccc12.CCCCCCCC. The molecule has 0 saturated heterocycles. The van der Waals surface area contributed by atoms with Crippen molar-refractivity contribution < 1.29 is 0 Å². The average molecular weight is 1020 g/mol. The van der Waals surface area contributed by atoms with Crippen LogP contribution in [0.5, 0.6) is 0 Å². The lowest BCUT2D eigenvalue weighted by Gasteiger charge is -2.40. The molecule has 2 aliphatic carbocycles. The summed E-state index contributed by atoms with van der Waals surface area (Å²) in [6, 6.07) is 47.5. The first kappa shape index (κ1) is 56.7. The number of benzene rings is 6. The van der Waals surface area contributed by atoms with Gasteiger partial charge < -0.3 is 4.98 Å². The van der Waals surface area contributed by atoms with E-state index in [0.29, 0.717) is 5.92 Å². The smallest absolute Gasteiger partial charge is 0.0790 e. The molecule has 2 unspecified atom stereocenters.